The average Bonchev–Trinajstić information content (AvgIpc) is 2.17. The Morgan fingerprint density at radius 2 is 2.29 bits per heavy atom. The number of benzene rings is 1. The summed E-state index contributed by atoms with van der Waals surface area (Å²) < 4.78 is 4.84. The van der Waals surface area contributed by atoms with E-state index in [1.54, 1.807) is 6.07 Å². The molecule has 1 aromatic rings. The number of thiol groups is 1. The molecule has 4 nitrogen and oxygen atoms in total. The van der Waals surface area contributed by atoms with Gasteiger partial charge in [0.15, 0.2) is 0 Å². The van der Waals surface area contributed by atoms with E-state index in [-0.39, 0.29) is 16.9 Å². The number of hydrogen-bond donors (Lipinski definition) is 2. The fourth-order valence-electron chi connectivity index (χ4n) is 1.07. The highest BCUT2D eigenvalue weighted by Gasteiger charge is 2.18. The Labute approximate surface area is 86.1 Å². The third-order valence-corrected chi connectivity index (χ3v) is 2.06. The Bertz CT molecular complexity index is 423. The van der Waals surface area contributed by atoms with Crippen molar-refractivity contribution in [1.82, 2.24) is 0 Å². The van der Waals surface area contributed by atoms with E-state index >= 15 is 0 Å². The molecule has 72 valence electrons. The number of carbonyl (C=O) groups is 1. The smallest absolute Gasteiger partial charge is 0.340 e. The van der Waals surface area contributed by atoms with Crippen LogP contribution in [0.4, 0.5) is 0 Å². The molecule has 0 aliphatic rings. The van der Waals surface area contributed by atoms with E-state index in [1.165, 1.54) is 19.2 Å². The molecule has 0 radical (unpaired) electrons. The highest BCUT2D eigenvalue weighted by Crippen LogP contribution is 2.26. The summed E-state index contributed by atoms with van der Waals surface area (Å²) >= 11 is 3.99. The van der Waals surface area contributed by atoms with Gasteiger partial charge in [-0.2, -0.15) is 5.26 Å². The van der Waals surface area contributed by atoms with Gasteiger partial charge in [-0.05, 0) is 12.1 Å². The zero-order valence-electron chi connectivity index (χ0n) is 7.31. The third kappa shape index (κ3) is 1.65. The number of rotatable bonds is 2. The zero-order chi connectivity index (χ0) is 10.7. The van der Waals surface area contributed by atoms with Crippen LogP contribution in [0.5, 0.6) is 5.75 Å². The van der Waals surface area contributed by atoms with E-state index in [1.807, 2.05) is 0 Å². The maximum Gasteiger partial charge on any atom is 0.340 e. The van der Waals surface area contributed by atoms with Gasteiger partial charge in [0.1, 0.15) is 17.4 Å². The van der Waals surface area contributed by atoms with Crippen LogP contribution in [0, 0.1) is 11.3 Å². The van der Waals surface area contributed by atoms with Crippen LogP contribution in [-0.4, -0.2) is 18.2 Å². The molecule has 0 fully saturated rings. The van der Waals surface area contributed by atoms with Crippen molar-refractivity contribution < 1.29 is 14.6 Å². The molecule has 0 bridgehead atoms. The summed E-state index contributed by atoms with van der Waals surface area (Å²) in [5, 5.41) is 17.6. The van der Waals surface area contributed by atoms with Crippen LogP contribution in [-0.2, 0) is 0 Å². The Balaban J connectivity index is 3.54. The number of carboxylic acids is 1. The Hall–Kier alpha value is -1.67. The molecule has 0 aliphatic carbocycles. The lowest BCUT2D eigenvalue weighted by molar-refractivity contribution is 0.0692. The van der Waals surface area contributed by atoms with Gasteiger partial charge in [0.25, 0.3) is 0 Å². The van der Waals surface area contributed by atoms with Crippen LogP contribution in [0.3, 0.4) is 0 Å². The van der Waals surface area contributed by atoms with Crippen LogP contribution in [0.1, 0.15) is 15.9 Å². The molecule has 0 aliphatic heterocycles. The standard InChI is InChI=1S/C9H7NO3S/c1-13-6-2-3-7(14)5(4-10)8(6)9(11)12/h2-3,14H,1H3,(H,11,12). The van der Waals surface area contributed by atoms with Gasteiger partial charge in [0, 0.05) is 4.90 Å². The van der Waals surface area contributed by atoms with Crippen LogP contribution < -0.4 is 4.74 Å². The number of aromatic carboxylic acids is 1. The van der Waals surface area contributed by atoms with Gasteiger partial charge in [-0.3, -0.25) is 0 Å². The summed E-state index contributed by atoms with van der Waals surface area (Å²) in [5.74, 6) is -1.04. The largest absolute Gasteiger partial charge is 0.496 e. The van der Waals surface area contributed by atoms with Crippen molar-refractivity contribution in [3.05, 3.63) is 23.3 Å². The van der Waals surface area contributed by atoms with Gasteiger partial charge in [0.2, 0.25) is 0 Å². The second kappa shape index (κ2) is 4.03. The van der Waals surface area contributed by atoms with Crippen molar-refractivity contribution in [3.8, 4) is 11.8 Å². The van der Waals surface area contributed by atoms with E-state index < -0.39 is 5.97 Å². The molecule has 0 heterocycles. The van der Waals surface area contributed by atoms with E-state index in [9.17, 15) is 4.79 Å². The number of methoxy groups -OCH3 is 1. The lowest BCUT2D eigenvalue weighted by atomic mass is 10.1. The monoisotopic (exact) mass is 209 g/mol. The first-order valence-corrected chi connectivity index (χ1v) is 4.10. The van der Waals surface area contributed by atoms with Gasteiger partial charge >= 0.3 is 5.97 Å². The topological polar surface area (TPSA) is 70.3 Å². The second-order valence-corrected chi connectivity index (χ2v) is 2.94. The molecule has 0 saturated heterocycles. The minimum Gasteiger partial charge on any atom is -0.496 e. The number of hydrogen-bond acceptors (Lipinski definition) is 4. The van der Waals surface area contributed by atoms with E-state index in [2.05, 4.69) is 12.6 Å². The molecule has 0 saturated carbocycles. The summed E-state index contributed by atoms with van der Waals surface area (Å²) in [5.41, 5.74) is -0.136. The van der Waals surface area contributed by atoms with Crippen LogP contribution >= 0.6 is 12.6 Å². The Morgan fingerprint density at radius 1 is 1.64 bits per heavy atom. The molecule has 1 aromatic carbocycles. The molecular formula is C9H7NO3S. The van der Waals surface area contributed by atoms with Crippen molar-refractivity contribution >= 4 is 18.6 Å². The molecule has 0 unspecified atom stereocenters. The quantitative estimate of drug-likeness (QED) is 0.725. The molecule has 1 N–H and O–H groups in total. The minimum absolute atomic E-state index is 0.0141. The lowest BCUT2D eigenvalue weighted by Gasteiger charge is -2.07. The highest BCUT2D eigenvalue weighted by molar-refractivity contribution is 7.80. The first-order chi connectivity index (χ1) is 6.61. The fraction of sp³-hybridized carbons (Fsp3) is 0.111. The summed E-state index contributed by atoms with van der Waals surface area (Å²) in [6.45, 7) is 0. The molecule has 14 heavy (non-hydrogen) atoms. The Kier molecular flexibility index (Phi) is 2.99. The third-order valence-electron chi connectivity index (χ3n) is 1.69. The lowest BCUT2D eigenvalue weighted by Crippen LogP contribution is -2.04. The predicted octanol–water partition coefficient (Wildman–Crippen LogP) is 1.55. The van der Waals surface area contributed by atoms with E-state index in [0.29, 0.717) is 4.90 Å². The maximum absolute atomic E-state index is 10.8. The molecule has 0 atom stereocenters. The van der Waals surface area contributed by atoms with Crippen molar-refractivity contribution in [2.24, 2.45) is 0 Å². The van der Waals surface area contributed by atoms with Crippen molar-refractivity contribution in [2.75, 3.05) is 7.11 Å². The minimum atomic E-state index is -1.20. The second-order valence-electron chi connectivity index (χ2n) is 2.45. The molecule has 0 amide bonds. The summed E-state index contributed by atoms with van der Waals surface area (Å²) in [6, 6.07) is 4.77. The molecule has 1 rings (SSSR count). The van der Waals surface area contributed by atoms with Crippen LogP contribution in [0.25, 0.3) is 0 Å². The highest BCUT2D eigenvalue weighted by atomic mass is 32.1. The summed E-state index contributed by atoms with van der Waals surface area (Å²) in [7, 11) is 1.35. The van der Waals surface area contributed by atoms with Crippen molar-refractivity contribution in [1.29, 1.82) is 5.26 Å². The number of ether oxygens (including phenoxy) is 1. The number of nitrogens with zero attached hydrogens (tertiary/aromatic N) is 1. The SMILES string of the molecule is COc1ccc(S)c(C#N)c1C(=O)O. The Morgan fingerprint density at radius 3 is 2.71 bits per heavy atom. The van der Waals surface area contributed by atoms with E-state index in [0.717, 1.165) is 0 Å². The molecule has 5 heteroatoms. The van der Waals surface area contributed by atoms with Gasteiger partial charge in [-0.1, -0.05) is 0 Å². The van der Waals surface area contributed by atoms with Gasteiger partial charge in [-0.15, -0.1) is 12.6 Å². The van der Waals surface area contributed by atoms with Crippen molar-refractivity contribution in [3.63, 3.8) is 0 Å². The van der Waals surface area contributed by atoms with Gasteiger partial charge < -0.3 is 9.84 Å². The average molecular weight is 209 g/mol. The van der Waals surface area contributed by atoms with Crippen LogP contribution in [0.2, 0.25) is 0 Å². The first kappa shape index (κ1) is 10.4. The van der Waals surface area contributed by atoms with Crippen molar-refractivity contribution in [2.45, 2.75) is 4.90 Å². The summed E-state index contributed by atoms with van der Waals surface area (Å²) in [6.07, 6.45) is 0. The van der Waals surface area contributed by atoms with Gasteiger partial charge in [-0.25, -0.2) is 4.79 Å². The van der Waals surface area contributed by atoms with Crippen LogP contribution in [0.15, 0.2) is 17.0 Å². The number of carboxylic acid groups (broad SMARTS) is 1. The first-order valence-electron chi connectivity index (χ1n) is 3.65. The number of nitriles is 1. The fourth-order valence-corrected chi connectivity index (χ4v) is 1.30. The predicted molar refractivity (Wildman–Crippen MR) is 51.9 cm³/mol. The van der Waals surface area contributed by atoms with Gasteiger partial charge in [0.05, 0.1) is 12.7 Å². The molecule has 0 aromatic heterocycles. The maximum atomic E-state index is 10.8. The normalized spacial score (nSPS) is 9.21. The molecular weight excluding hydrogens is 202 g/mol. The summed E-state index contributed by atoms with van der Waals surface area (Å²) in [4.78, 5) is 11.2. The zero-order valence-corrected chi connectivity index (χ0v) is 8.21. The van der Waals surface area contributed by atoms with E-state index in [4.69, 9.17) is 15.1 Å². The molecule has 0 spiro atoms.